The molecule has 104 valence electrons. The second-order valence-corrected chi connectivity index (χ2v) is 4.80. The number of amides is 1. The van der Waals surface area contributed by atoms with Gasteiger partial charge in [-0.3, -0.25) is 4.79 Å². The van der Waals surface area contributed by atoms with Crippen LogP contribution in [0.3, 0.4) is 0 Å². The molecule has 1 aromatic carbocycles. The van der Waals surface area contributed by atoms with Gasteiger partial charge >= 0.3 is 0 Å². The second-order valence-electron chi connectivity index (χ2n) is 4.80. The molecule has 3 heterocycles. The molecule has 3 aromatic rings. The van der Waals surface area contributed by atoms with Crippen molar-refractivity contribution >= 4 is 16.9 Å². The van der Waals surface area contributed by atoms with Crippen LogP contribution in [0.4, 0.5) is 0 Å². The largest absolute Gasteiger partial charge is 0.491 e. The van der Waals surface area contributed by atoms with Gasteiger partial charge < -0.3 is 15.0 Å². The van der Waals surface area contributed by atoms with Gasteiger partial charge in [0.05, 0.1) is 12.1 Å². The van der Waals surface area contributed by atoms with E-state index in [-0.39, 0.29) is 5.91 Å². The number of rotatable bonds is 1. The van der Waals surface area contributed by atoms with Crippen LogP contribution in [0.1, 0.15) is 10.4 Å². The van der Waals surface area contributed by atoms with Crippen LogP contribution < -0.4 is 10.1 Å². The molecule has 0 radical (unpaired) electrons. The van der Waals surface area contributed by atoms with Crippen molar-refractivity contribution < 1.29 is 9.53 Å². The molecule has 0 atom stereocenters. The normalized spacial score (nSPS) is 14.2. The highest BCUT2D eigenvalue weighted by Gasteiger charge is 2.17. The molecule has 4 rings (SSSR count). The predicted molar refractivity (Wildman–Crippen MR) is 77.2 cm³/mol. The number of aromatic nitrogens is 3. The van der Waals surface area contributed by atoms with Crippen molar-refractivity contribution in [2.24, 2.45) is 0 Å². The van der Waals surface area contributed by atoms with Crippen molar-refractivity contribution in [3.05, 3.63) is 42.5 Å². The summed E-state index contributed by atoms with van der Waals surface area (Å²) in [4.78, 5) is 23.3. The molecule has 1 amide bonds. The molecule has 1 aliphatic rings. The number of hydrogen-bond acceptors (Lipinski definition) is 4. The van der Waals surface area contributed by atoms with E-state index in [2.05, 4.69) is 20.3 Å². The van der Waals surface area contributed by atoms with Crippen LogP contribution in [0, 0.1) is 0 Å². The molecule has 6 nitrogen and oxygen atoms in total. The molecule has 0 saturated carbocycles. The molecule has 1 aliphatic heterocycles. The zero-order valence-electron chi connectivity index (χ0n) is 11.1. The Hall–Kier alpha value is -2.89. The highest BCUT2D eigenvalue weighted by Crippen LogP contribution is 2.32. The SMILES string of the molecule is O=C1NCCOc2cc(-c3c[nH]c4ncncc34)ccc21. The first-order valence-corrected chi connectivity index (χ1v) is 6.65. The maximum Gasteiger partial charge on any atom is 0.255 e. The molecular formula is C15H12N4O2. The minimum Gasteiger partial charge on any atom is -0.491 e. The molecule has 6 heteroatoms. The summed E-state index contributed by atoms with van der Waals surface area (Å²) in [5, 5.41) is 3.73. The number of benzene rings is 1. The highest BCUT2D eigenvalue weighted by molar-refractivity contribution is 5.99. The van der Waals surface area contributed by atoms with Gasteiger partial charge in [-0.2, -0.15) is 0 Å². The zero-order chi connectivity index (χ0) is 14.2. The first-order valence-electron chi connectivity index (χ1n) is 6.65. The molecule has 21 heavy (non-hydrogen) atoms. The Kier molecular flexibility index (Phi) is 2.60. The number of nitrogens with zero attached hydrogens (tertiary/aromatic N) is 2. The fourth-order valence-corrected chi connectivity index (χ4v) is 2.52. The van der Waals surface area contributed by atoms with E-state index in [4.69, 9.17) is 4.74 Å². The molecule has 2 N–H and O–H groups in total. The summed E-state index contributed by atoms with van der Waals surface area (Å²) in [5.74, 6) is 0.505. The second kappa shape index (κ2) is 4.59. The minimum absolute atomic E-state index is 0.101. The molecule has 2 aromatic heterocycles. The van der Waals surface area contributed by atoms with E-state index < -0.39 is 0 Å². The third-order valence-corrected chi connectivity index (χ3v) is 3.54. The lowest BCUT2D eigenvalue weighted by Crippen LogP contribution is -2.24. The number of nitrogens with one attached hydrogen (secondary N) is 2. The Morgan fingerprint density at radius 2 is 2.19 bits per heavy atom. The van der Waals surface area contributed by atoms with Gasteiger partial charge in [-0.1, -0.05) is 6.07 Å². The van der Waals surface area contributed by atoms with Crippen LogP contribution in [-0.2, 0) is 0 Å². The number of H-pyrrole nitrogens is 1. The zero-order valence-corrected chi connectivity index (χ0v) is 11.1. The summed E-state index contributed by atoms with van der Waals surface area (Å²) in [6.45, 7) is 0.989. The smallest absolute Gasteiger partial charge is 0.255 e. The Morgan fingerprint density at radius 1 is 1.24 bits per heavy atom. The monoisotopic (exact) mass is 280 g/mol. The van der Waals surface area contributed by atoms with Crippen LogP contribution in [-0.4, -0.2) is 34.0 Å². The quantitative estimate of drug-likeness (QED) is 0.711. The average molecular weight is 280 g/mol. The Morgan fingerprint density at radius 3 is 3.14 bits per heavy atom. The summed E-state index contributed by atoms with van der Waals surface area (Å²) in [7, 11) is 0. The average Bonchev–Trinajstić information content (AvgIpc) is 2.86. The fourth-order valence-electron chi connectivity index (χ4n) is 2.52. The summed E-state index contributed by atoms with van der Waals surface area (Å²) in [6.07, 6.45) is 5.17. The van der Waals surface area contributed by atoms with Crippen LogP contribution >= 0.6 is 0 Å². The summed E-state index contributed by atoms with van der Waals surface area (Å²) in [5.41, 5.74) is 3.30. The lowest BCUT2D eigenvalue weighted by atomic mass is 10.0. The van der Waals surface area contributed by atoms with Crippen molar-refractivity contribution in [1.29, 1.82) is 0 Å². The maximum absolute atomic E-state index is 11.9. The standard InChI is InChI=1S/C15H12N4O2/c20-15-10-2-1-9(5-13(10)21-4-3-17-15)11-7-18-14-12(11)6-16-8-19-14/h1-2,5-8H,3-4H2,(H,17,20)(H,16,18,19). The van der Waals surface area contributed by atoms with E-state index in [1.807, 2.05) is 18.3 Å². The van der Waals surface area contributed by atoms with Gasteiger partial charge in [0.1, 0.15) is 24.3 Å². The Labute approximate surface area is 120 Å². The van der Waals surface area contributed by atoms with E-state index in [1.54, 1.807) is 12.3 Å². The van der Waals surface area contributed by atoms with E-state index in [0.717, 1.165) is 22.2 Å². The van der Waals surface area contributed by atoms with Crippen molar-refractivity contribution in [1.82, 2.24) is 20.3 Å². The number of carbonyl (C=O) groups is 1. The van der Waals surface area contributed by atoms with Crippen LogP contribution in [0.5, 0.6) is 5.75 Å². The number of aromatic amines is 1. The molecule has 0 saturated heterocycles. The fraction of sp³-hybridized carbons (Fsp3) is 0.133. The van der Waals surface area contributed by atoms with Gasteiger partial charge in [0.2, 0.25) is 0 Å². The third-order valence-electron chi connectivity index (χ3n) is 3.54. The lowest BCUT2D eigenvalue weighted by Gasteiger charge is -2.07. The lowest BCUT2D eigenvalue weighted by molar-refractivity contribution is 0.0957. The minimum atomic E-state index is -0.101. The van der Waals surface area contributed by atoms with Gasteiger partial charge in [-0.05, 0) is 17.7 Å². The Bertz CT molecular complexity index is 841. The van der Waals surface area contributed by atoms with Crippen molar-refractivity contribution in [3.63, 3.8) is 0 Å². The Balaban J connectivity index is 1.86. The third kappa shape index (κ3) is 1.92. The summed E-state index contributed by atoms with van der Waals surface area (Å²) in [6, 6.07) is 5.58. The van der Waals surface area contributed by atoms with Gasteiger partial charge in [0.15, 0.2) is 0 Å². The van der Waals surface area contributed by atoms with Gasteiger partial charge in [0, 0.05) is 23.3 Å². The van der Waals surface area contributed by atoms with Gasteiger partial charge in [-0.15, -0.1) is 0 Å². The topological polar surface area (TPSA) is 79.9 Å². The maximum atomic E-state index is 11.9. The first-order chi connectivity index (χ1) is 10.3. The van der Waals surface area contributed by atoms with Crippen LogP contribution in [0.2, 0.25) is 0 Å². The number of fused-ring (bicyclic) bond motifs is 2. The van der Waals surface area contributed by atoms with E-state index in [9.17, 15) is 4.79 Å². The van der Waals surface area contributed by atoms with E-state index >= 15 is 0 Å². The highest BCUT2D eigenvalue weighted by atomic mass is 16.5. The van der Waals surface area contributed by atoms with Gasteiger partial charge in [-0.25, -0.2) is 9.97 Å². The molecule has 0 bridgehead atoms. The number of hydrogen-bond donors (Lipinski definition) is 2. The first kappa shape index (κ1) is 11.9. The molecule has 0 fully saturated rings. The van der Waals surface area contributed by atoms with E-state index in [0.29, 0.717) is 24.5 Å². The summed E-state index contributed by atoms with van der Waals surface area (Å²) >= 11 is 0. The molecule has 0 unspecified atom stereocenters. The van der Waals surface area contributed by atoms with Crippen molar-refractivity contribution in [3.8, 4) is 16.9 Å². The predicted octanol–water partition coefficient (Wildman–Crippen LogP) is 1.75. The van der Waals surface area contributed by atoms with Crippen molar-refractivity contribution in [2.45, 2.75) is 0 Å². The van der Waals surface area contributed by atoms with Crippen LogP contribution in [0.25, 0.3) is 22.2 Å². The molecule has 0 spiro atoms. The van der Waals surface area contributed by atoms with Crippen molar-refractivity contribution in [2.75, 3.05) is 13.2 Å². The number of carbonyl (C=O) groups excluding carboxylic acids is 1. The van der Waals surface area contributed by atoms with Gasteiger partial charge in [0.25, 0.3) is 5.91 Å². The summed E-state index contributed by atoms with van der Waals surface area (Å²) < 4.78 is 5.64. The van der Waals surface area contributed by atoms with Crippen LogP contribution in [0.15, 0.2) is 36.9 Å². The number of ether oxygens (including phenoxy) is 1. The molecular weight excluding hydrogens is 268 g/mol. The molecule has 0 aliphatic carbocycles. The van der Waals surface area contributed by atoms with E-state index in [1.165, 1.54) is 6.33 Å².